The van der Waals surface area contributed by atoms with Crippen molar-refractivity contribution in [3.8, 4) is 0 Å². The first-order valence-corrected chi connectivity index (χ1v) is 30.6. The molecule has 0 aliphatic heterocycles. The number of carbonyl (C=O) groups excluding carboxylic acids is 4. The quantitative estimate of drug-likeness (QED) is 0.0330. The number of aliphatic carboxylic acids is 1. The van der Waals surface area contributed by atoms with Crippen LogP contribution in [0.1, 0.15) is 156 Å². The van der Waals surface area contributed by atoms with Crippen molar-refractivity contribution in [1.82, 2.24) is 21.3 Å². The normalized spacial score (nSPS) is 12.2. The molecule has 0 fully saturated rings. The number of carboxylic acid groups (broad SMARTS) is 1. The summed E-state index contributed by atoms with van der Waals surface area (Å²) >= 11 is 0. The first-order valence-electron chi connectivity index (χ1n) is 30.6. The summed E-state index contributed by atoms with van der Waals surface area (Å²) in [4.78, 5) is 55.7. The molecule has 0 spiro atoms. The van der Waals surface area contributed by atoms with Gasteiger partial charge in [0, 0.05) is 32.5 Å². The molecule has 0 aromatic rings. The van der Waals surface area contributed by atoms with E-state index in [0.717, 1.165) is 38.6 Å². The molecule has 5 N–H and O–H groups in total. The first-order chi connectivity index (χ1) is 39.7. The van der Waals surface area contributed by atoms with Crippen LogP contribution in [0.4, 0.5) is 0 Å². The number of aldehydes is 1. The molecule has 22 nitrogen and oxygen atoms in total. The molecule has 0 aliphatic rings. The smallest absolute Gasteiger partial charge is 0.326 e. The number of likely N-dealkylation sites (N-methyl/N-ethyl adjacent to an activating group) is 2. The zero-order chi connectivity index (χ0) is 60.1. The van der Waals surface area contributed by atoms with Crippen LogP contribution < -0.4 is 21.3 Å². The molecule has 0 saturated heterocycles. The van der Waals surface area contributed by atoms with Crippen LogP contribution in [0.3, 0.4) is 0 Å². The number of Topliss-reactive ketones (excluding diaryl/α,β-unsaturated/α-hetero) is 1. The van der Waals surface area contributed by atoms with Gasteiger partial charge in [0.1, 0.15) is 18.1 Å². The summed E-state index contributed by atoms with van der Waals surface area (Å²) in [6, 6.07) is -0.949. The van der Waals surface area contributed by atoms with Gasteiger partial charge in [-0.05, 0) is 59.5 Å². The number of ether oxygens (including phenoxy) is 12. The molecule has 0 aromatic carbocycles. The largest absolute Gasteiger partial charge is 0.480 e. The Bertz CT molecular complexity index is 1320. The Balaban J connectivity index is -0.00000181. The molecule has 0 aliphatic carbocycles. The number of nitrogens with one attached hydrogen (secondary N) is 4. The van der Waals surface area contributed by atoms with Crippen LogP contribution >= 0.6 is 0 Å². The predicted octanol–water partition coefficient (Wildman–Crippen LogP) is 6.30. The second kappa shape index (κ2) is 71.5. The topological polar surface area (TPSA) is 264 Å². The monoisotopic (exact) mass is 1170 g/mol. The molecule has 0 radical (unpaired) electrons. The Morgan fingerprint density at radius 1 is 0.457 bits per heavy atom. The van der Waals surface area contributed by atoms with Gasteiger partial charge in [-0.1, -0.05) is 97.8 Å². The number of ketones is 1. The Morgan fingerprint density at radius 2 is 0.802 bits per heavy atom. The maximum absolute atomic E-state index is 12.2. The van der Waals surface area contributed by atoms with Crippen molar-refractivity contribution in [2.75, 3.05) is 186 Å². The maximum Gasteiger partial charge on any atom is 0.326 e. The standard InChI is InChI=1S/C36H73N3O14.C21H39NO4.C2H6/c1-35(41)36(38-3,7-8-39-34-40)6-4-5-10-42-12-14-44-16-18-46-20-22-48-24-26-50-28-30-52-32-33-53-31-29-51-27-25-49-23-21-47-19-17-45-15-13-43-11-9-37-2;1-2-3-4-5-6-7-8-9-10-11-12-13-14-17-20(24)22-19(21(25)26)16-15-18-23;1-2/h34,37-38H,4-33H2,1-3H3,(H,39,40);18-19H,2-17H2,1H3,(H,22,24)(H,25,26);1-2H3. The average Bonchev–Trinajstić information content (AvgIpc) is 3.47. The van der Waals surface area contributed by atoms with Crippen molar-refractivity contribution in [3.63, 3.8) is 0 Å². The summed E-state index contributed by atoms with van der Waals surface area (Å²) in [7, 11) is 3.68. The molecule has 2 amide bonds. The third-order valence-corrected chi connectivity index (χ3v) is 12.4. The van der Waals surface area contributed by atoms with E-state index in [1.165, 1.54) is 64.2 Å². The van der Waals surface area contributed by atoms with Crippen LogP contribution in [-0.4, -0.2) is 233 Å². The lowest BCUT2D eigenvalue weighted by Gasteiger charge is -2.31. The fraction of sp³-hybridized carbons (Fsp3) is 0.915. The Morgan fingerprint density at radius 3 is 1.11 bits per heavy atom. The highest BCUT2D eigenvalue weighted by Gasteiger charge is 2.32. The van der Waals surface area contributed by atoms with Crippen molar-refractivity contribution < 1.29 is 85.9 Å². The van der Waals surface area contributed by atoms with Crippen molar-refractivity contribution in [1.29, 1.82) is 0 Å². The fourth-order valence-corrected chi connectivity index (χ4v) is 7.64. The first kappa shape index (κ1) is 82.4. The number of hydrogen-bond donors (Lipinski definition) is 5. The van der Waals surface area contributed by atoms with E-state index < -0.39 is 17.6 Å². The van der Waals surface area contributed by atoms with E-state index in [0.29, 0.717) is 197 Å². The van der Waals surface area contributed by atoms with Crippen molar-refractivity contribution >= 4 is 30.4 Å². The molecule has 2 atom stereocenters. The van der Waals surface area contributed by atoms with Crippen molar-refractivity contribution in [3.05, 3.63) is 0 Å². The van der Waals surface area contributed by atoms with E-state index in [2.05, 4.69) is 28.2 Å². The van der Waals surface area contributed by atoms with Crippen LogP contribution in [0, 0.1) is 0 Å². The van der Waals surface area contributed by atoms with Gasteiger partial charge >= 0.3 is 5.97 Å². The second-order valence-electron chi connectivity index (χ2n) is 18.8. The van der Waals surface area contributed by atoms with E-state index in [1.807, 2.05) is 20.9 Å². The van der Waals surface area contributed by atoms with Gasteiger partial charge in [0.15, 0.2) is 0 Å². The summed E-state index contributed by atoms with van der Waals surface area (Å²) in [5.74, 6) is -1.23. The third kappa shape index (κ3) is 64.6. The maximum atomic E-state index is 12.2. The predicted molar refractivity (Wildman–Crippen MR) is 315 cm³/mol. The SMILES string of the molecule is CC.CCCCCCCCCCCCCCCC(=O)NC(CCC=O)C(=O)O.CNCCOCCOCCOCCOCCOCCOCCOCCOCCOCCOCCOCCOCCCCC(CCNC=O)(NC)C(C)=O. The zero-order valence-electron chi connectivity index (χ0n) is 51.6. The minimum absolute atomic E-state index is 0.0771. The lowest BCUT2D eigenvalue weighted by Crippen LogP contribution is -2.51. The Kier molecular flexibility index (Phi) is 72.7. The highest BCUT2D eigenvalue weighted by molar-refractivity contribution is 5.86. The van der Waals surface area contributed by atoms with E-state index in [9.17, 15) is 24.0 Å². The molecule has 0 heterocycles. The minimum atomic E-state index is -1.08. The highest BCUT2D eigenvalue weighted by Crippen LogP contribution is 2.20. The molecule has 22 heteroatoms. The van der Waals surface area contributed by atoms with E-state index >= 15 is 0 Å². The van der Waals surface area contributed by atoms with Crippen LogP contribution in [0.2, 0.25) is 0 Å². The summed E-state index contributed by atoms with van der Waals surface area (Å²) < 4.78 is 65.8. The zero-order valence-corrected chi connectivity index (χ0v) is 51.6. The van der Waals surface area contributed by atoms with E-state index in [1.54, 1.807) is 14.0 Å². The van der Waals surface area contributed by atoms with Gasteiger partial charge in [0.05, 0.1) is 157 Å². The Hall–Kier alpha value is -2.81. The summed E-state index contributed by atoms with van der Waals surface area (Å²) in [6.07, 6.45) is 21.2. The van der Waals surface area contributed by atoms with E-state index in [4.69, 9.17) is 61.9 Å². The van der Waals surface area contributed by atoms with Crippen molar-refractivity contribution in [2.24, 2.45) is 0 Å². The number of rotatable bonds is 66. The number of carbonyl (C=O) groups is 5. The molecule has 0 aromatic heterocycles. The van der Waals surface area contributed by atoms with Gasteiger partial charge in [-0.25, -0.2) is 4.79 Å². The van der Waals surface area contributed by atoms with Gasteiger partial charge in [0.25, 0.3) is 0 Å². The average molecular weight is 1170 g/mol. The molecule has 2 unspecified atom stereocenters. The highest BCUT2D eigenvalue weighted by atomic mass is 16.6. The van der Waals surface area contributed by atoms with Crippen molar-refractivity contribution in [2.45, 2.75) is 168 Å². The summed E-state index contributed by atoms with van der Waals surface area (Å²) in [6.45, 7) is 21.7. The van der Waals surface area contributed by atoms with Gasteiger partial charge in [-0.15, -0.1) is 0 Å². The second-order valence-corrected chi connectivity index (χ2v) is 18.8. The summed E-state index contributed by atoms with van der Waals surface area (Å²) in [5.41, 5.74) is -0.614. The molecule has 0 rings (SSSR count). The molecule has 482 valence electrons. The fourth-order valence-electron chi connectivity index (χ4n) is 7.64. The minimum Gasteiger partial charge on any atom is -0.480 e. The van der Waals surface area contributed by atoms with Gasteiger partial charge < -0.3 is 88.0 Å². The Labute approximate surface area is 489 Å². The van der Waals surface area contributed by atoms with Crippen LogP contribution in [0.15, 0.2) is 0 Å². The van der Waals surface area contributed by atoms with Gasteiger partial charge in [-0.2, -0.15) is 0 Å². The molecule has 0 bridgehead atoms. The molecule has 0 saturated carbocycles. The molecular formula is C59H118N4O18. The lowest BCUT2D eigenvalue weighted by molar-refractivity contribution is -0.142. The summed E-state index contributed by atoms with van der Waals surface area (Å²) in [5, 5.41) is 20.3. The third-order valence-electron chi connectivity index (χ3n) is 12.4. The number of amides is 2. The molecule has 81 heavy (non-hydrogen) atoms. The van der Waals surface area contributed by atoms with Crippen LogP contribution in [0.25, 0.3) is 0 Å². The number of carboxylic acids is 1. The van der Waals surface area contributed by atoms with E-state index in [-0.39, 0.29) is 24.5 Å². The van der Waals surface area contributed by atoms with Gasteiger partial charge in [0.2, 0.25) is 12.3 Å². The number of hydrogen-bond acceptors (Lipinski definition) is 19. The molecular weight excluding hydrogens is 1050 g/mol. The van der Waals surface area contributed by atoms with Crippen LogP contribution in [-0.2, 0) is 80.8 Å². The number of unbranched alkanes of at least 4 members (excludes halogenated alkanes) is 13. The van der Waals surface area contributed by atoms with Gasteiger partial charge in [-0.3, -0.25) is 14.4 Å². The lowest BCUT2D eigenvalue weighted by atomic mass is 9.85. The van der Waals surface area contributed by atoms with Crippen LogP contribution in [0.5, 0.6) is 0 Å².